The number of benzene rings is 3. The molecule has 41 heavy (non-hydrogen) atoms. The van der Waals surface area contributed by atoms with E-state index in [-0.39, 0.29) is 31.0 Å². The van der Waals surface area contributed by atoms with Gasteiger partial charge in [-0.05, 0) is 79.5 Å². The van der Waals surface area contributed by atoms with E-state index in [0.29, 0.717) is 40.4 Å². The van der Waals surface area contributed by atoms with E-state index in [0.717, 1.165) is 37.1 Å². The Morgan fingerprint density at radius 2 is 1.66 bits per heavy atom. The summed E-state index contributed by atoms with van der Waals surface area (Å²) >= 11 is 0. The summed E-state index contributed by atoms with van der Waals surface area (Å²) in [6.07, 6.45) is 5.03. The van der Waals surface area contributed by atoms with Gasteiger partial charge < -0.3 is 19.5 Å². The number of halogens is 1. The lowest BCUT2D eigenvalue weighted by molar-refractivity contribution is -0.117. The lowest BCUT2D eigenvalue weighted by Gasteiger charge is -2.28. The number of aromatic nitrogens is 1. The summed E-state index contributed by atoms with van der Waals surface area (Å²) in [5, 5.41) is 11.1. The fourth-order valence-corrected chi connectivity index (χ4v) is 5.03. The number of ketones is 1. The van der Waals surface area contributed by atoms with Crippen LogP contribution in [-0.2, 0) is 17.6 Å². The molecule has 7 nitrogen and oxygen atoms in total. The lowest BCUT2D eigenvalue weighted by atomic mass is 10.0. The fourth-order valence-electron chi connectivity index (χ4n) is 5.03. The zero-order valence-electron chi connectivity index (χ0n) is 22.8. The third-order valence-electron chi connectivity index (χ3n) is 7.12. The molecule has 0 saturated carbocycles. The number of piperidine rings is 1. The van der Waals surface area contributed by atoms with E-state index in [2.05, 4.69) is 14.7 Å². The number of fused-ring (bicyclic) bond motifs is 1. The molecule has 3 aromatic carbocycles. The Kier molecular flexibility index (Phi) is 9.19. The van der Waals surface area contributed by atoms with Crippen LogP contribution in [0.4, 0.5) is 10.1 Å². The van der Waals surface area contributed by atoms with E-state index < -0.39 is 6.10 Å². The van der Waals surface area contributed by atoms with Gasteiger partial charge in [0.2, 0.25) is 5.69 Å². The molecule has 0 unspecified atom stereocenters. The maximum Gasteiger partial charge on any atom is 0.229 e. The number of hydrogen-bond acceptors (Lipinski definition) is 6. The molecule has 1 fully saturated rings. The zero-order chi connectivity index (χ0) is 28.6. The summed E-state index contributed by atoms with van der Waals surface area (Å²) in [6.45, 7) is 10.3. The van der Waals surface area contributed by atoms with Crippen LogP contribution in [0.3, 0.4) is 0 Å². The number of rotatable bonds is 11. The minimum atomic E-state index is -0.647. The minimum Gasteiger partial charge on any atom is -0.502 e. The average molecular weight is 554 g/mol. The van der Waals surface area contributed by atoms with E-state index in [9.17, 15) is 14.3 Å². The molecule has 2 heterocycles. The van der Waals surface area contributed by atoms with Gasteiger partial charge in [0.1, 0.15) is 41.6 Å². The summed E-state index contributed by atoms with van der Waals surface area (Å²) in [5.74, 6) is 1.21. The predicted molar refractivity (Wildman–Crippen MR) is 155 cm³/mol. The van der Waals surface area contributed by atoms with E-state index in [1.54, 1.807) is 48.7 Å². The van der Waals surface area contributed by atoms with Crippen LogP contribution in [0.1, 0.15) is 30.4 Å². The number of hydrogen-bond donors (Lipinski definition) is 1. The van der Waals surface area contributed by atoms with Gasteiger partial charge in [0.05, 0.1) is 12.1 Å². The first-order valence-corrected chi connectivity index (χ1v) is 13.8. The Morgan fingerprint density at radius 3 is 2.34 bits per heavy atom. The first-order chi connectivity index (χ1) is 20.0. The van der Waals surface area contributed by atoms with E-state index in [1.807, 2.05) is 12.1 Å². The quantitative estimate of drug-likeness (QED) is 0.220. The monoisotopic (exact) mass is 553 g/mol. The molecule has 0 bridgehead atoms. The molecule has 4 aromatic rings. The Morgan fingerprint density at radius 1 is 0.976 bits per heavy atom. The van der Waals surface area contributed by atoms with E-state index >= 15 is 0 Å². The third kappa shape index (κ3) is 7.66. The van der Waals surface area contributed by atoms with Crippen molar-refractivity contribution in [3.63, 3.8) is 0 Å². The molecule has 1 aliphatic heterocycles. The maximum absolute atomic E-state index is 13.1. The number of pyridine rings is 1. The minimum absolute atomic E-state index is 0.0362. The van der Waals surface area contributed by atoms with Gasteiger partial charge in [0, 0.05) is 31.0 Å². The van der Waals surface area contributed by atoms with Gasteiger partial charge in [-0.25, -0.2) is 9.24 Å². The second-order valence-corrected chi connectivity index (χ2v) is 10.3. The topological polar surface area (TPSA) is 76.2 Å². The van der Waals surface area contributed by atoms with Crippen molar-refractivity contribution in [2.75, 3.05) is 26.2 Å². The molecule has 0 radical (unpaired) electrons. The van der Waals surface area contributed by atoms with Crippen LogP contribution in [0, 0.1) is 12.4 Å². The van der Waals surface area contributed by atoms with Crippen molar-refractivity contribution >= 4 is 22.4 Å². The van der Waals surface area contributed by atoms with Gasteiger partial charge in [-0.1, -0.05) is 30.7 Å². The third-order valence-corrected chi connectivity index (χ3v) is 7.12. The number of aliphatic hydroxyl groups is 1. The number of carbonyl (C=O) groups is 1. The molecule has 1 aliphatic rings. The highest BCUT2D eigenvalue weighted by molar-refractivity contribution is 5.91. The Labute approximate surface area is 239 Å². The Hall–Kier alpha value is -4.32. The van der Waals surface area contributed by atoms with Crippen LogP contribution in [0.5, 0.6) is 17.2 Å². The van der Waals surface area contributed by atoms with Gasteiger partial charge >= 0.3 is 0 Å². The number of likely N-dealkylation sites (tertiary alicyclic amines) is 1. The van der Waals surface area contributed by atoms with Gasteiger partial charge in [0.25, 0.3) is 0 Å². The predicted octanol–water partition coefficient (Wildman–Crippen LogP) is 6.30. The molecule has 8 heteroatoms. The van der Waals surface area contributed by atoms with Gasteiger partial charge in [0.15, 0.2) is 0 Å². The molecule has 0 aliphatic carbocycles. The Bertz CT molecular complexity index is 1530. The van der Waals surface area contributed by atoms with Crippen molar-refractivity contribution in [3.05, 3.63) is 101 Å². The molecular formula is C33H32FN3O4. The number of carbonyl (C=O) groups excluding carboxylic acids is 1. The van der Waals surface area contributed by atoms with Crippen molar-refractivity contribution in [1.82, 2.24) is 9.88 Å². The average Bonchev–Trinajstić information content (AvgIpc) is 2.98. The number of ether oxygens (including phenoxy) is 2. The van der Waals surface area contributed by atoms with E-state index in [4.69, 9.17) is 16.0 Å². The van der Waals surface area contributed by atoms with Crippen molar-refractivity contribution in [3.8, 4) is 17.2 Å². The molecule has 1 aromatic heterocycles. The van der Waals surface area contributed by atoms with Gasteiger partial charge in [-0.15, -0.1) is 0 Å². The van der Waals surface area contributed by atoms with Gasteiger partial charge in [-0.3, -0.25) is 9.78 Å². The number of Topliss-reactive ketones (excluding diaryl/α,β-unsaturated/α-hetero) is 1. The SMILES string of the molecule is [C-]#[N+]c1cc2c(Oc3ccc(CC(=O)Cc4ccc(F)cc4)cc3)ccnc2cc1OC[C@H](O)CN1CCCCC1. The number of nitrogens with zero attached hydrogens (tertiary/aromatic N) is 3. The maximum atomic E-state index is 13.1. The highest BCUT2D eigenvalue weighted by Gasteiger charge is 2.17. The van der Waals surface area contributed by atoms with Gasteiger partial charge in [-0.2, -0.15) is 0 Å². The molecule has 1 saturated heterocycles. The van der Waals surface area contributed by atoms with Crippen LogP contribution in [-0.4, -0.2) is 53.1 Å². The second kappa shape index (κ2) is 13.4. The summed E-state index contributed by atoms with van der Waals surface area (Å²) < 4.78 is 25.1. The van der Waals surface area contributed by atoms with Crippen LogP contribution >= 0.6 is 0 Å². The normalized spacial score (nSPS) is 14.4. The van der Waals surface area contributed by atoms with Crippen molar-refractivity contribution in [2.24, 2.45) is 0 Å². The number of β-amino-alcohol motifs (C(OH)–C–C–N with tert-alkyl or cyclic N) is 1. The molecular weight excluding hydrogens is 521 g/mol. The summed E-state index contributed by atoms with van der Waals surface area (Å²) in [7, 11) is 0. The smallest absolute Gasteiger partial charge is 0.229 e. The molecule has 210 valence electrons. The standard InChI is InChI=1S/C33H32FN3O4/c1-35-31-19-29-30(20-33(31)40-22-27(39)21-37-15-3-2-4-16-37)36-14-13-32(29)41-28-11-7-24(8-12-28)18-26(38)17-23-5-9-25(34)10-6-23/h5-14,19-20,27,39H,2-4,15-18,21-22H2/t27-/m1/s1. The fraction of sp³-hybridized carbons (Fsp3) is 0.303. The number of aliphatic hydroxyl groups excluding tert-OH is 1. The van der Waals surface area contributed by atoms with Crippen molar-refractivity contribution in [1.29, 1.82) is 0 Å². The van der Waals surface area contributed by atoms with Crippen LogP contribution in [0.15, 0.2) is 72.9 Å². The van der Waals surface area contributed by atoms with Crippen molar-refractivity contribution < 1.29 is 23.8 Å². The zero-order valence-corrected chi connectivity index (χ0v) is 22.8. The summed E-state index contributed by atoms with van der Waals surface area (Å²) in [4.78, 5) is 22.8. The van der Waals surface area contributed by atoms with Crippen molar-refractivity contribution in [2.45, 2.75) is 38.2 Å². The first kappa shape index (κ1) is 28.2. The summed E-state index contributed by atoms with van der Waals surface area (Å²) in [5.41, 5.74) is 2.56. The highest BCUT2D eigenvalue weighted by Crippen LogP contribution is 2.37. The van der Waals surface area contributed by atoms with Crippen LogP contribution in [0.25, 0.3) is 15.7 Å². The van der Waals surface area contributed by atoms with E-state index in [1.165, 1.54) is 18.6 Å². The van der Waals surface area contributed by atoms with Crippen LogP contribution in [0.2, 0.25) is 0 Å². The largest absolute Gasteiger partial charge is 0.502 e. The first-order valence-electron chi connectivity index (χ1n) is 13.8. The Balaban J connectivity index is 1.23. The molecule has 1 N–H and O–H groups in total. The lowest BCUT2D eigenvalue weighted by Crippen LogP contribution is -2.38. The molecule has 1 atom stereocenters. The van der Waals surface area contributed by atoms with Crippen LogP contribution < -0.4 is 9.47 Å². The molecule has 5 rings (SSSR count). The molecule has 0 spiro atoms. The summed E-state index contributed by atoms with van der Waals surface area (Å²) in [6, 6.07) is 18.4. The molecule has 0 amide bonds. The second-order valence-electron chi connectivity index (χ2n) is 10.3. The highest BCUT2D eigenvalue weighted by atomic mass is 19.1.